The topological polar surface area (TPSA) is 75.1 Å². The summed E-state index contributed by atoms with van der Waals surface area (Å²) in [5.41, 5.74) is 1.07. The van der Waals surface area contributed by atoms with Crippen molar-refractivity contribution in [3.05, 3.63) is 40.2 Å². The number of carbonyl (C=O) groups is 1. The Morgan fingerprint density at radius 1 is 1.52 bits per heavy atom. The van der Waals surface area contributed by atoms with Gasteiger partial charge in [0.1, 0.15) is 17.3 Å². The summed E-state index contributed by atoms with van der Waals surface area (Å²) in [6.07, 6.45) is 0.581. The first-order valence-corrected chi connectivity index (χ1v) is 6.95. The number of halogens is 1. The zero-order valence-electron chi connectivity index (χ0n) is 11.2. The first-order valence-electron chi connectivity index (χ1n) is 6.17. The number of nitrogens with zero attached hydrogens (tertiary/aromatic N) is 2. The van der Waals surface area contributed by atoms with Gasteiger partial charge in [-0.25, -0.2) is 4.39 Å². The van der Waals surface area contributed by atoms with Crippen molar-refractivity contribution in [2.75, 3.05) is 11.9 Å². The SMILES string of the molecule is CCc1nnsc1C(=O)Nc1ccc(C#CCO)cc1F. The molecule has 0 bridgehead atoms. The van der Waals surface area contributed by atoms with Crippen LogP contribution in [0.15, 0.2) is 18.2 Å². The monoisotopic (exact) mass is 305 g/mol. The van der Waals surface area contributed by atoms with Gasteiger partial charge in [-0.15, -0.1) is 5.10 Å². The van der Waals surface area contributed by atoms with E-state index in [9.17, 15) is 9.18 Å². The van der Waals surface area contributed by atoms with Crippen LogP contribution in [0.2, 0.25) is 0 Å². The van der Waals surface area contributed by atoms with Gasteiger partial charge in [-0.05, 0) is 36.2 Å². The van der Waals surface area contributed by atoms with E-state index >= 15 is 0 Å². The summed E-state index contributed by atoms with van der Waals surface area (Å²) in [5, 5.41) is 14.9. The predicted molar refractivity (Wildman–Crippen MR) is 77.6 cm³/mol. The molecule has 0 atom stereocenters. The lowest BCUT2D eigenvalue weighted by Crippen LogP contribution is -2.13. The number of nitrogens with one attached hydrogen (secondary N) is 1. The molecule has 0 unspecified atom stereocenters. The fourth-order valence-corrected chi connectivity index (χ4v) is 2.27. The number of rotatable bonds is 3. The molecular formula is C14H12FN3O2S. The van der Waals surface area contributed by atoms with E-state index in [4.69, 9.17) is 5.11 Å². The number of aliphatic hydroxyl groups excluding tert-OH is 1. The number of anilines is 1. The Kier molecular flexibility index (Phi) is 4.98. The van der Waals surface area contributed by atoms with Gasteiger partial charge in [0.2, 0.25) is 0 Å². The molecule has 0 fully saturated rings. The molecule has 108 valence electrons. The molecular weight excluding hydrogens is 293 g/mol. The molecule has 1 aromatic carbocycles. The van der Waals surface area contributed by atoms with Gasteiger partial charge in [0.15, 0.2) is 0 Å². The Labute approximate surface area is 125 Å². The van der Waals surface area contributed by atoms with Crippen LogP contribution in [0.5, 0.6) is 0 Å². The van der Waals surface area contributed by atoms with Crippen molar-refractivity contribution in [2.45, 2.75) is 13.3 Å². The Balaban J connectivity index is 2.18. The highest BCUT2D eigenvalue weighted by Gasteiger charge is 2.16. The summed E-state index contributed by atoms with van der Waals surface area (Å²) in [6.45, 7) is 1.57. The summed E-state index contributed by atoms with van der Waals surface area (Å²) < 4.78 is 17.6. The van der Waals surface area contributed by atoms with Crippen molar-refractivity contribution in [1.29, 1.82) is 0 Å². The van der Waals surface area contributed by atoms with Crippen LogP contribution in [-0.4, -0.2) is 27.2 Å². The first-order chi connectivity index (χ1) is 10.2. The van der Waals surface area contributed by atoms with Gasteiger partial charge >= 0.3 is 0 Å². The third-order valence-corrected chi connectivity index (χ3v) is 3.39. The van der Waals surface area contributed by atoms with Crippen LogP contribution in [0.25, 0.3) is 0 Å². The van der Waals surface area contributed by atoms with Crippen LogP contribution < -0.4 is 5.32 Å². The molecule has 0 aliphatic rings. The van der Waals surface area contributed by atoms with E-state index in [1.807, 2.05) is 6.92 Å². The van der Waals surface area contributed by atoms with E-state index in [0.29, 0.717) is 22.6 Å². The van der Waals surface area contributed by atoms with Crippen LogP contribution in [0.3, 0.4) is 0 Å². The van der Waals surface area contributed by atoms with Gasteiger partial charge in [-0.1, -0.05) is 23.3 Å². The van der Waals surface area contributed by atoms with E-state index < -0.39 is 11.7 Å². The van der Waals surface area contributed by atoms with Gasteiger partial charge in [-0.2, -0.15) is 0 Å². The fourth-order valence-electron chi connectivity index (χ4n) is 1.63. The summed E-state index contributed by atoms with van der Waals surface area (Å²) in [6, 6.07) is 4.19. The molecule has 1 amide bonds. The van der Waals surface area contributed by atoms with Gasteiger partial charge in [0.05, 0.1) is 11.4 Å². The van der Waals surface area contributed by atoms with Gasteiger partial charge in [-0.3, -0.25) is 4.79 Å². The maximum Gasteiger partial charge on any atom is 0.269 e. The number of hydrogen-bond acceptors (Lipinski definition) is 5. The molecule has 21 heavy (non-hydrogen) atoms. The van der Waals surface area contributed by atoms with E-state index in [-0.39, 0.29) is 12.3 Å². The average Bonchev–Trinajstić information content (AvgIpc) is 2.96. The number of aryl methyl sites for hydroxylation is 1. The molecule has 1 aromatic heterocycles. The smallest absolute Gasteiger partial charge is 0.269 e. The summed E-state index contributed by atoms with van der Waals surface area (Å²) >= 11 is 0.976. The molecule has 0 spiro atoms. The molecule has 5 nitrogen and oxygen atoms in total. The number of amides is 1. The van der Waals surface area contributed by atoms with E-state index in [2.05, 4.69) is 26.7 Å². The molecule has 2 rings (SSSR count). The Morgan fingerprint density at radius 3 is 3.00 bits per heavy atom. The summed E-state index contributed by atoms with van der Waals surface area (Å²) in [5.74, 6) is 3.99. The van der Waals surface area contributed by atoms with E-state index in [0.717, 1.165) is 11.5 Å². The number of carbonyl (C=O) groups excluding carboxylic acids is 1. The summed E-state index contributed by atoms with van der Waals surface area (Å²) in [4.78, 5) is 12.4. The highest BCUT2D eigenvalue weighted by Crippen LogP contribution is 2.18. The second-order valence-corrected chi connectivity index (χ2v) is 4.77. The molecule has 0 saturated carbocycles. The molecule has 0 aliphatic carbocycles. The zero-order valence-corrected chi connectivity index (χ0v) is 12.0. The van der Waals surface area contributed by atoms with Crippen LogP contribution in [0.4, 0.5) is 10.1 Å². The minimum absolute atomic E-state index is 0.0602. The lowest BCUT2D eigenvalue weighted by Gasteiger charge is -2.05. The third-order valence-electron chi connectivity index (χ3n) is 2.63. The number of aromatic nitrogens is 2. The maximum absolute atomic E-state index is 13.9. The molecule has 7 heteroatoms. The first kappa shape index (κ1) is 15.1. The number of benzene rings is 1. The standard InChI is InChI=1S/C14H12FN3O2S/c1-2-11-13(21-18-17-11)14(20)16-12-6-5-9(4-3-7-19)8-10(12)15/h5-6,8,19H,2,7H2,1H3,(H,16,20). The van der Waals surface area contributed by atoms with Crippen molar-refractivity contribution in [1.82, 2.24) is 9.59 Å². The van der Waals surface area contributed by atoms with Crippen LogP contribution in [-0.2, 0) is 6.42 Å². The predicted octanol–water partition coefficient (Wildman–Crippen LogP) is 1.84. The van der Waals surface area contributed by atoms with Crippen molar-refractivity contribution in [3.63, 3.8) is 0 Å². The second kappa shape index (κ2) is 6.92. The fraction of sp³-hybridized carbons (Fsp3) is 0.214. The average molecular weight is 305 g/mol. The normalized spacial score (nSPS) is 9.86. The minimum Gasteiger partial charge on any atom is -0.384 e. The van der Waals surface area contributed by atoms with Crippen molar-refractivity contribution in [3.8, 4) is 11.8 Å². The van der Waals surface area contributed by atoms with Gasteiger partial charge < -0.3 is 10.4 Å². The van der Waals surface area contributed by atoms with Crippen molar-refractivity contribution < 1.29 is 14.3 Å². The van der Waals surface area contributed by atoms with Crippen LogP contribution in [0.1, 0.15) is 27.9 Å². The Bertz CT molecular complexity index is 718. The third kappa shape index (κ3) is 3.62. The quantitative estimate of drug-likeness (QED) is 0.849. The van der Waals surface area contributed by atoms with Gasteiger partial charge in [0.25, 0.3) is 5.91 Å². The molecule has 2 aromatic rings. The molecule has 1 heterocycles. The van der Waals surface area contributed by atoms with E-state index in [1.54, 1.807) is 6.07 Å². The lowest BCUT2D eigenvalue weighted by atomic mass is 10.2. The second-order valence-electron chi connectivity index (χ2n) is 4.01. The highest BCUT2D eigenvalue weighted by atomic mass is 32.1. The lowest BCUT2D eigenvalue weighted by molar-refractivity contribution is 0.102. The molecule has 2 N–H and O–H groups in total. The van der Waals surface area contributed by atoms with Crippen molar-refractivity contribution >= 4 is 23.1 Å². The molecule has 0 saturated heterocycles. The number of aliphatic hydroxyl groups is 1. The summed E-state index contributed by atoms with van der Waals surface area (Å²) in [7, 11) is 0. The van der Waals surface area contributed by atoms with Crippen LogP contribution in [0, 0.1) is 17.7 Å². The Hall–Kier alpha value is -2.30. The Morgan fingerprint density at radius 2 is 2.33 bits per heavy atom. The largest absolute Gasteiger partial charge is 0.384 e. The zero-order chi connectivity index (χ0) is 15.2. The van der Waals surface area contributed by atoms with Crippen molar-refractivity contribution in [2.24, 2.45) is 0 Å². The minimum atomic E-state index is -0.594. The van der Waals surface area contributed by atoms with Crippen LogP contribution >= 0.6 is 11.5 Å². The molecule has 0 radical (unpaired) electrons. The maximum atomic E-state index is 13.9. The molecule has 0 aliphatic heterocycles. The highest BCUT2D eigenvalue weighted by molar-refractivity contribution is 7.08. The van der Waals surface area contributed by atoms with Gasteiger partial charge in [0, 0.05) is 5.56 Å². The number of hydrogen-bond donors (Lipinski definition) is 2. The van der Waals surface area contributed by atoms with E-state index in [1.165, 1.54) is 12.1 Å².